The molecule has 1 saturated heterocycles. The first-order chi connectivity index (χ1) is 7.67. The van der Waals surface area contributed by atoms with Gasteiger partial charge in [-0.2, -0.15) is 0 Å². The Morgan fingerprint density at radius 1 is 1.50 bits per heavy atom. The molecule has 1 aliphatic heterocycles. The molecular weight excluding hydrogens is 206 g/mol. The molecular formula is C12H21NO3. The number of carbonyl (C=O) groups excluding carboxylic acids is 1. The Morgan fingerprint density at radius 2 is 2.19 bits per heavy atom. The van der Waals surface area contributed by atoms with Crippen molar-refractivity contribution in [2.24, 2.45) is 11.7 Å². The molecule has 0 amide bonds. The van der Waals surface area contributed by atoms with Crippen LogP contribution in [0.5, 0.6) is 0 Å². The molecule has 2 atom stereocenters. The van der Waals surface area contributed by atoms with Gasteiger partial charge in [0.25, 0.3) is 0 Å². The quantitative estimate of drug-likeness (QED) is 0.721. The molecule has 2 unspecified atom stereocenters. The summed E-state index contributed by atoms with van der Waals surface area (Å²) in [5.74, 6) is -0.0700. The average Bonchev–Trinajstić information content (AvgIpc) is 2.75. The molecule has 0 aromatic rings. The van der Waals surface area contributed by atoms with Gasteiger partial charge in [0.05, 0.1) is 12.7 Å². The van der Waals surface area contributed by atoms with E-state index in [-0.39, 0.29) is 17.5 Å². The van der Waals surface area contributed by atoms with Gasteiger partial charge in [-0.1, -0.05) is 12.8 Å². The van der Waals surface area contributed by atoms with Crippen molar-refractivity contribution in [2.75, 3.05) is 13.7 Å². The van der Waals surface area contributed by atoms with Crippen molar-refractivity contribution >= 4 is 5.97 Å². The molecule has 1 aliphatic carbocycles. The zero-order chi connectivity index (χ0) is 11.6. The molecule has 16 heavy (non-hydrogen) atoms. The normalized spacial score (nSPS) is 30.2. The van der Waals surface area contributed by atoms with Crippen molar-refractivity contribution < 1.29 is 14.3 Å². The Bertz CT molecular complexity index is 261. The van der Waals surface area contributed by atoms with Crippen molar-refractivity contribution in [1.82, 2.24) is 0 Å². The molecule has 92 valence electrons. The predicted octanol–water partition coefficient (Wildman–Crippen LogP) is 1.23. The van der Waals surface area contributed by atoms with E-state index in [2.05, 4.69) is 0 Å². The third kappa shape index (κ3) is 2.23. The molecule has 4 heteroatoms. The summed E-state index contributed by atoms with van der Waals surface area (Å²) in [7, 11) is 1.40. The van der Waals surface area contributed by atoms with Gasteiger partial charge in [-0.05, 0) is 31.6 Å². The maximum atomic E-state index is 11.4. The number of rotatable bonds is 2. The maximum Gasteiger partial charge on any atom is 0.322 e. The number of esters is 1. The zero-order valence-corrected chi connectivity index (χ0v) is 9.91. The summed E-state index contributed by atoms with van der Waals surface area (Å²) in [5, 5.41) is 0. The molecule has 0 aromatic heterocycles. The monoisotopic (exact) mass is 227 g/mol. The molecule has 1 heterocycles. The summed E-state index contributed by atoms with van der Waals surface area (Å²) in [6, 6.07) is -0.480. The van der Waals surface area contributed by atoms with E-state index < -0.39 is 6.04 Å². The van der Waals surface area contributed by atoms with E-state index >= 15 is 0 Å². The van der Waals surface area contributed by atoms with Crippen LogP contribution in [0.4, 0.5) is 0 Å². The highest BCUT2D eigenvalue weighted by atomic mass is 16.5. The lowest BCUT2D eigenvalue weighted by Crippen LogP contribution is -2.47. The molecule has 0 radical (unpaired) electrons. The highest BCUT2D eigenvalue weighted by molar-refractivity contribution is 5.75. The van der Waals surface area contributed by atoms with Gasteiger partial charge in [0.15, 0.2) is 0 Å². The smallest absolute Gasteiger partial charge is 0.322 e. The van der Waals surface area contributed by atoms with Crippen LogP contribution in [-0.4, -0.2) is 31.3 Å². The minimum Gasteiger partial charge on any atom is -0.468 e. The van der Waals surface area contributed by atoms with Gasteiger partial charge < -0.3 is 15.2 Å². The number of hydrogen-bond donors (Lipinski definition) is 1. The fourth-order valence-electron chi connectivity index (χ4n) is 3.07. The van der Waals surface area contributed by atoms with E-state index in [0.29, 0.717) is 0 Å². The average molecular weight is 227 g/mol. The molecule has 1 spiro atoms. The first kappa shape index (κ1) is 11.9. The minimum absolute atomic E-state index is 0.0224. The van der Waals surface area contributed by atoms with E-state index in [1.54, 1.807) is 0 Å². The van der Waals surface area contributed by atoms with E-state index in [1.165, 1.54) is 20.0 Å². The fourth-order valence-corrected chi connectivity index (χ4v) is 3.07. The van der Waals surface area contributed by atoms with Crippen LogP contribution >= 0.6 is 0 Å². The number of hydrogen-bond acceptors (Lipinski definition) is 4. The Morgan fingerprint density at radius 3 is 2.81 bits per heavy atom. The van der Waals surface area contributed by atoms with Crippen molar-refractivity contribution in [2.45, 2.75) is 50.2 Å². The van der Waals surface area contributed by atoms with Crippen molar-refractivity contribution in [3.8, 4) is 0 Å². The van der Waals surface area contributed by atoms with Gasteiger partial charge in [0, 0.05) is 6.61 Å². The first-order valence-corrected chi connectivity index (χ1v) is 6.14. The van der Waals surface area contributed by atoms with Crippen LogP contribution in [0.1, 0.15) is 38.5 Å². The molecule has 2 fully saturated rings. The Hall–Kier alpha value is -0.610. The van der Waals surface area contributed by atoms with Crippen molar-refractivity contribution in [3.63, 3.8) is 0 Å². The van der Waals surface area contributed by atoms with Gasteiger partial charge in [0.2, 0.25) is 0 Å². The second-order valence-corrected chi connectivity index (χ2v) is 5.04. The highest BCUT2D eigenvalue weighted by Crippen LogP contribution is 2.42. The summed E-state index contributed by atoms with van der Waals surface area (Å²) in [6.45, 7) is 0.732. The van der Waals surface area contributed by atoms with Gasteiger partial charge in [-0.15, -0.1) is 0 Å². The number of carbonyl (C=O) groups is 1. The molecule has 0 bridgehead atoms. The lowest BCUT2D eigenvalue weighted by molar-refractivity contribution is -0.147. The SMILES string of the molecule is COC(=O)C(N)C1CCOC2(CCCC2)C1. The number of ether oxygens (including phenoxy) is 2. The summed E-state index contributed by atoms with van der Waals surface area (Å²) >= 11 is 0. The second-order valence-electron chi connectivity index (χ2n) is 5.04. The predicted molar refractivity (Wildman–Crippen MR) is 59.9 cm³/mol. The summed E-state index contributed by atoms with van der Waals surface area (Å²) in [5.41, 5.74) is 5.95. The van der Waals surface area contributed by atoms with Crippen LogP contribution in [0, 0.1) is 5.92 Å². The molecule has 4 nitrogen and oxygen atoms in total. The van der Waals surface area contributed by atoms with E-state index in [4.69, 9.17) is 15.2 Å². The largest absolute Gasteiger partial charge is 0.468 e. The Kier molecular flexibility index (Phi) is 3.50. The lowest BCUT2D eigenvalue weighted by atomic mass is 9.81. The third-order valence-electron chi connectivity index (χ3n) is 4.03. The Labute approximate surface area is 96.5 Å². The molecule has 0 aromatic carbocycles. The van der Waals surface area contributed by atoms with Gasteiger partial charge >= 0.3 is 5.97 Å². The van der Waals surface area contributed by atoms with Crippen LogP contribution < -0.4 is 5.73 Å². The van der Waals surface area contributed by atoms with E-state index in [1.807, 2.05) is 0 Å². The van der Waals surface area contributed by atoms with Crippen LogP contribution in [-0.2, 0) is 14.3 Å². The third-order valence-corrected chi connectivity index (χ3v) is 4.03. The second kappa shape index (κ2) is 4.72. The summed E-state index contributed by atoms with van der Waals surface area (Å²) in [4.78, 5) is 11.4. The highest BCUT2D eigenvalue weighted by Gasteiger charge is 2.42. The van der Waals surface area contributed by atoms with E-state index in [0.717, 1.165) is 32.3 Å². The molecule has 1 saturated carbocycles. The van der Waals surface area contributed by atoms with E-state index in [9.17, 15) is 4.79 Å². The molecule has 2 N–H and O–H groups in total. The number of methoxy groups -OCH3 is 1. The van der Waals surface area contributed by atoms with Gasteiger partial charge in [0.1, 0.15) is 6.04 Å². The fraction of sp³-hybridized carbons (Fsp3) is 0.917. The zero-order valence-electron chi connectivity index (χ0n) is 9.91. The van der Waals surface area contributed by atoms with Crippen molar-refractivity contribution in [3.05, 3.63) is 0 Å². The van der Waals surface area contributed by atoms with Crippen LogP contribution in [0.3, 0.4) is 0 Å². The lowest BCUT2D eigenvalue weighted by Gasteiger charge is -2.39. The minimum atomic E-state index is -0.480. The Balaban J connectivity index is 1.98. The summed E-state index contributed by atoms with van der Waals surface area (Å²) < 4.78 is 10.6. The first-order valence-electron chi connectivity index (χ1n) is 6.14. The standard InChI is InChI=1S/C12H21NO3/c1-15-11(14)10(13)9-4-7-16-12(8-9)5-2-3-6-12/h9-10H,2-8,13H2,1H3. The molecule has 2 aliphatic rings. The van der Waals surface area contributed by atoms with Gasteiger partial charge in [-0.3, -0.25) is 4.79 Å². The van der Waals surface area contributed by atoms with Crippen LogP contribution in [0.25, 0.3) is 0 Å². The topological polar surface area (TPSA) is 61.5 Å². The van der Waals surface area contributed by atoms with Crippen LogP contribution in [0.2, 0.25) is 0 Å². The van der Waals surface area contributed by atoms with Crippen LogP contribution in [0.15, 0.2) is 0 Å². The maximum absolute atomic E-state index is 11.4. The van der Waals surface area contributed by atoms with Gasteiger partial charge in [-0.25, -0.2) is 0 Å². The van der Waals surface area contributed by atoms with Crippen molar-refractivity contribution in [1.29, 1.82) is 0 Å². The summed E-state index contributed by atoms with van der Waals surface area (Å²) in [6.07, 6.45) is 6.51. The molecule has 2 rings (SSSR count). The number of nitrogens with two attached hydrogens (primary N) is 1.